The SMILES string of the molecule is Cc1c(-c2ccc(C(C)C)cc2)nc2n1CC(N)CC2. The lowest BCUT2D eigenvalue weighted by atomic mass is 10.0. The maximum Gasteiger partial charge on any atom is 0.109 e. The molecule has 0 fully saturated rings. The smallest absolute Gasteiger partial charge is 0.109 e. The second-order valence-corrected chi connectivity index (χ2v) is 6.15. The van der Waals surface area contributed by atoms with Crippen LogP contribution in [0.4, 0.5) is 0 Å². The van der Waals surface area contributed by atoms with Crippen molar-refractivity contribution in [2.45, 2.75) is 52.1 Å². The van der Waals surface area contributed by atoms with E-state index in [1.165, 1.54) is 22.6 Å². The van der Waals surface area contributed by atoms with E-state index >= 15 is 0 Å². The Kier molecular flexibility index (Phi) is 3.38. The van der Waals surface area contributed by atoms with Crippen LogP contribution in [-0.2, 0) is 13.0 Å². The number of aryl methyl sites for hydroxylation is 1. The molecular formula is C17H23N3. The average Bonchev–Trinajstić information content (AvgIpc) is 2.76. The van der Waals surface area contributed by atoms with E-state index in [-0.39, 0.29) is 6.04 Å². The zero-order valence-corrected chi connectivity index (χ0v) is 12.6. The molecule has 1 aromatic heterocycles. The van der Waals surface area contributed by atoms with Crippen molar-refractivity contribution in [1.29, 1.82) is 0 Å². The summed E-state index contributed by atoms with van der Waals surface area (Å²) in [6, 6.07) is 9.08. The number of rotatable bonds is 2. The van der Waals surface area contributed by atoms with Crippen LogP contribution in [0, 0.1) is 6.92 Å². The van der Waals surface area contributed by atoms with Gasteiger partial charge in [-0.1, -0.05) is 38.1 Å². The quantitative estimate of drug-likeness (QED) is 0.909. The number of benzene rings is 1. The highest BCUT2D eigenvalue weighted by molar-refractivity contribution is 5.62. The summed E-state index contributed by atoms with van der Waals surface area (Å²) in [5, 5.41) is 0. The summed E-state index contributed by atoms with van der Waals surface area (Å²) in [6.45, 7) is 7.49. The summed E-state index contributed by atoms with van der Waals surface area (Å²) < 4.78 is 2.29. The standard InChI is InChI=1S/C17H23N3/c1-11(2)13-4-6-14(7-5-13)17-12(3)20-10-15(18)8-9-16(20)19-17/h4-7,11,15H,8-10,18H2,1-3H3. The Morgan fingerprint density at radius 2 is 1.95 bits per heavy atom. The minimum absolute atomic E-state index is 0.270. The van der Waals surface area contributed by atoms with Crippen molar-refractivity contribution in [2.75, 3.05) is 0 Å². The molecule has 0 spiro atoms. The molecule has 1 aliphatic heterocycles. The number of hydrogen-bond donors (Lipinski definition) is 1. The maximum absolute atomic E-state index is 6.07. The third-order valence-electron chi connectivity index (χ3n) is 4.31. The molecule has 3 rings (SSSR count). The fraction of sp³-hybridized carbons (Fsp3) is 0.471. The van der Waals surface area contributed by atoms with Gasteiger partial charge in [0, 0.05) is 30.3 Å². The van der Waals surface area contributed by atoms with Crippen LogP contribution in [0.25, 0.3) is 11.3 Å². The van der Waals surface area contributed by atoms with Crippen LogP contribution in [0.2, 0.25) is 0 Å². The van der Waals surface area contributed by atoms with Crippen molar-refractivity contribution in [3.05, 3.63) is 41.3 Å². The Labute approximate surface area is 120 Å². The Hall–Kier alpha value is -1.61. The Morgan fingerprint density at radius 1 is 1.25 bits per heavy atom. The lowest BCUT2D eigenvalue weighted by molar-refractivity contribution is 0.448. The number of nitrogens with zero attached hydrogens (tertiary/aromatic N) is 2. The minimum Gasteiger partial charge on any atom is -0.330 e. The summed E-state index contributed by atoms with van der Waals surface area (Å²) in [6.07, 6.45) is 2.04. The molecule has 0 radical (unpaired) electrons. The van der Waals surface area contributed by atoms with E-state index in [0.29, 0.717) is 5.92 Å². The van der Waals surface area contributed by atoms with Gasteiger partial charge in [0.15, 0.2) is 0 Å². The second kappa shape index (κ2) is 5.06. The van der Waals surface area contributed by atoms with Crippen LogP contribution in [0.1, 0.15) is 43.3 Å². The number of fused-ring (bicyclic) bond motifs is 1. The number of nitrogens with two attached hydrogens (primary N) is 1. The highest BCUT2D eigenvalue weighted by atomic mass is 15.1. The summed E-state index contributed by atoms with van der Waals surface area (Å²) in [5.74, 6) is 1.76. The molecule has 0 saturated carbocycles. The van der Waals surface area contributed by atoms with E-state index in [9.17, 15) is 0 Å². The fourth-order valence-electron chi connectivity index (χ4n) is 2.96. The van der Waals surface area contributed by atoms with E-state index in [1.807, 2.05) is 0 Å². The zero-order chi connectivity index (χ0) is 14.3. The van der Waals surface area contributed by atoms with Gasteiger partial charge in [0.1, 0.15) is 5.82 Å². The molecule has 0 saturated heterocycles. The molecule has 106 valence electrons. The van der Waals surface area contributed by atoms with Gasteiger partial charge < -0.3 is 10.3 Å². The van der Waals surface area contributed by atoms with Crippen LogP contribution in [-0.4, -0.2) is 15.6 Å². The first-order valence-electron chi connectivity index (χ1n) is 7.48. The summed E-state index contributed by atoms with van der Waals surface area (Å²) >= 11 is 0. The Bertz CT molecular complexity index is 608. The third-order valence-corrected chi connectivity index (χ3v) is 4.31. The molecule has 1 aliphatic rings. The van der Waals surface area contributed by atoms with Gasteiger partial charge in [-0.05, 0) is 24.8 Å². The van der Waals surface area contributed by atoms with Crippen LogP contribution in [0.5, 0.6) is 0 Å². The zero-order valence-electron chi connectivity index (χ0n) is 12.6. The van der Waals surface area contributed by atoms with Gasteiger partial charge >= 0.3 is 0 Å². The first-order valence-corrected chi connectivity index (χ1v) is 7.48. The minimum atomic E-state index is 0.270. The van der Waals surface area contributed by atoms with Crippen molar-refractivity contribution >= 4 is 0 Å². The van der Waals surface area contributed by atoms with Gasteiger partial charge in [-0.2, -0.15) is 0 Å². The first kappa shape index (κ1) is 13.4. The Balaban J connectivity index is 1.98. The molecule has 1 aromatic carbocycles. The highest BCUT2D eigenvalue weighted by Crippen LogP contribution is 2.28. The number of imidazole rings is 1. The van der Waals surface area contributed by atoms with Crippen molar-refractivity contribution in [3.8, 4) is 11.3 Å². The van der Waals surface area contributed by atoms with Crippen LogP contribution < -0.4 is 5.73 Å². The summed E-state index contributed by atoms with van der Waals surface area (Å²) in [5.41, 5.74) is 11.0. The van der Waals surface area contributed by atoms with Crippen molar-refractivity contribution in [2.24, 2.45) is 5.73 Å². The monoisotopic (exact) mass is 269 g/mol. The topological polar surface area (TPSA) is 43.8 Å². The highest BCUT2D eigenvalue weighted by Gasteiger charge is 2.21. The summed E-state index contributed by atoms with van der Waals surface area (Å²) in [7, 11) is 0. The van der Waals surface area contributed by atoms with Gasteiger partial charge in [-0.3, -0.25) is 0 Å². The van der Waals surface area contributed by atoms with Crippen molar-refractivity contribution in [3.63, 3.8) is 0 Å². The van der Waals surface area contributed by atoms with Crippen LogP contribution in [0.3, 0.4) is 0 Å². The van der Waals surface area contributed by atoms with Crippen LogP contribution >= 0.6 is 0 Å². The largest absolute Gasteiger partial charge is 0.330 e. The lowest BCUT2D eigenvalue weighted by Gasteiger charge is -2.21. The molecule has 2 heterocycles. The molecular weight excluding hydrogens is 246 g/mol. The molecule has 1 unspecified atom stereocenters. The molecule has 3 heteroatoms. The lowest BCUT2D eigenvalue weighted by Crippen LogP contribution is -2.32. The van der Waals surface area contributed by atoms with Gasteiger partial charge in [0.2, 0.25) is 0 Å². The summed E-state index contributed by atoms with van der Waals surface area (Å²) in [4.78, 5) is 4.84. The van der Waals surface area contributed by atoms with Gasteiger partial charge in [0.25, 0.3) is 0 Å². The second-order valence-electron chi connectivity index (χ2n) is 6.15. The molecule has 3 nitrogen and oxygen atoms in total. The molecule has 20 heavy (non-hydrogen) atoms. The molecule has 2 N–H and O–H groups in total. The average molecular weight is 269 g/mol. The Morgan fingerprint density at radius 3 is 2.60 bits per heavy atom. The van der Waals surface area contributed by atoms with Crippen molar-refractivity contribution < 1.29 is 0 Å². The number of hydrogen-bond acceptors (Lipinski definition) is 2. The van der Waals surface area contributed by atoms with Crippen molar-refractivity contribution in [1.82, 2.24) is 9.55 Å². The first-order chi connectivity index (χ1) is 9.56. The van der Waals surface area contributed by atoms with Gasteiger partial charge in [-0.15, -0.1) is 0 Å². The van der Waals surface area contributed by atoms with E-state index in [4.69, 9.17) is 10.7 Å². The molecule has 0 amide bonds. The fourth-order valence-corrected chi connectivity index (χ4v) is 2.96. The predicted octanol–water partition coefficient (Wildman–Crippen LogP) is 3.26. The van der Waals surface area contributed by atoms with Gasteiger partial charge in [-0.25, -0.2) is 4.98 Å². The third kappa shape index (κ3) is 2.27. The maximum atomic E-state index is 6.07. The van der Waals surface area contributed by atoms with E-state index in [2.05, 4.69) is 49.6 Å². The molecule has 2 aromatic rings. The predicted molar refractivity (Wildman–Crippen MR) is 82.8 cm³/mol. The molecule has 0 bridgehead atoms. The molecule has 1 atom stereocenters. The van der Waals surface area contributed by atoms with Gasteiger partial charge in [0.05, 0.1) is 5.69 Å². The normalized spacial score (nSPS) is 18.4. The number of aromatic nitrogens is 2. The van der Waals surface area contributed by atoms with E-state index < -0.39 is 0 Å². The van der Waals surface area contributed by atoms with E-state index in [1.54, 1.807) is 0 Å². The van der Waals surface area contributed by atoms with Crippen LogP contribution in [0.15, 0.2) is 24.3 Å². The van der Waals surface area contributed by atoms with E-state index in [0.717, 1.165) is 25.1 Å². The molecule has 0 aliphatic carbocycles.